The van der Waals surface area contributed by atoms with Crippen molar-refractivity contribution in [3.63, 3.8) is 0 Å². The first-order valence-corrected chi connectivity index (χ1v) is 8.02. The molecule has 23 heavy (non-hydrogen) atoms. The van der Waals surface area contributed by atoms with Gasteiger partial charge in [0.25, 0.3) is 0 Å². The third-order valence-corrected chi connectivity index (χ3v) is 3.24. The van der Waals surface area contributed by atoms with Crippen molar-refractivity contribution in [3.8, 4) is 5.75 Å². The van der Waals surface area contributed by atoms with Crippen molar-refractivity contribution in [1.82, 2.24) is 10.6 Å². The first-order valence-electron chi connectivity index (χ1n) is 8.02. The van der Waals surface area contributed by atoms with Gasteiger partial charge in [-0.2, -0.15) is 0 Å². The molecule has 0 fully saturated rings. The standard InChI is InChI=1S/C18H25N3O2/c1-3-19-18(20-11-10-16-5-4-13-22-16)21-12-14-23-17-8-6-15(2)7-9-17/h4-9,13H,3,10-12,14H2,1-2H3,(H2,19,20,21). The van der Waals surface area contributed by atoms with E-state index >= 15 is 0 Å². The Morgan fingerprint density at radius 1 is 1.17 bits per heavy atom. The van der Waals surface area contributed by atoms with Crippen LogP contribution in [0.5, 0.6) is 5.75 Å². The monoisotopic (exact) mass is 315 g/mol. The maximum absolute atomic E-state index is 5.69. The molecular formula is C18H25N3O2. The van der Waals surface area contributed by atoms with Crippen molar-refractivity contribution < 1.29 is 9.15 Å². The summed E-state index contributed by atoms with van der Waals surface area (Å²) >= 11 is 0. The number of aliphatic imine (C=N–C) groups is 1. The minimum absolute atomic E-state index is 0.589. The van der Waals surface area contributed by atoms with E-state index in [9.17, 15) is 0 Å². The molecule has 0 aliphatic rings. The fourth-order valence-corrected chi connectivity index (χ4v) is 2.05. The number of hydrogen-bond donors (Lipinski definition) is 2. The highest BCUT2D eigenvalue weighted by Crippen LogP contribution is 2.10. The fourth-order valence-electron chi connectivity index (χ4n) is 2.05. The Bertz CT molecular complexity index is 577. The predicted octanol–water partition coefficient (Wildman–Crippen LogP) is 2.76. The minimum Gasteiger partial charge on any atom is -0.492 e. The lowest BCUT2D eigenvalue weighted by atomic mass is 10.2. The SMILES string of the molecule is CCNC(=NCCc1ccco1)NCCOc1ccc(C)cc1. The van der Waals surface area contributed by atoms with Gasteiger partial charge in [0, 0.05) is 19.5 Å². The molecule has 0 amide bonds. The Balaban J connectivity index is 1.69. The van der Waals surface area contributed by atoms with Gasteiger partial charge in [-0.1, -0.05) is 17.7 Å². The summed E-state index contributed by atoms with van der Waals surface area (Å²) in [4.78, 5) is 4.52. The van der Waals surface area contributed by atoms with E-state index in [1.54, 1.807) is 6.26 Å². The average molecular weight is 315 g/mol. The minimum atomic E-state index is 0.589. The van der Waals surface area contributed by atoms with Crippen LogP contribution >= 0.6 is 0 Å². The van der Waals surface area contributed by atoms with Crippen LogP contribution in [0.25, 0.3) is 0 Å². The van der Waals surface area contributed by atoms with Gasteiger partial charge in [0.1, 0.15) is 18.1 Å². The summed E-state index contributed by atoms with van der Waals surface area (Å²) in [5, 5.41) is 6.49. The number of hydrogen-bond acceptors (Lipinski definition) is 3. The summed E-state index contributed by atoms with van der Waals surface area (Å²) in [6.45, 7) is 6.90. The van der Waals surface area contributed by atoms with Crippen LogP contribution in [0, 0.1) is 6.92 Å². The molecule has 0 saturated carbocycles. The lowest BCUT2D eigenvalue weighted by molar-refractivity contribution is 0.322. The number of benzene rings is 1. The van der Waals surface area contributed by atoms with Crippen LogP contribution in [-0.2, 0) is 6.42 Å². The van der Waals surface area contributed by atoms with E-state index in [-0.39, 0.29) is 0 Å². The topological polar surface area (TPSA) is 58.8 Å². The lowest BCUT2D eigenvalue weighted by Gasteiger charge is -2.12. The zero-order chi connectivity index (χ0) is 16.3. The number of guanidine groups is 1. The molecule has 1 heterocycles. The van der Waals surface area contributed by atoms with Crippen LogP contribution in [0.2, 0.25) is 0 Å². The molecule has 2 aromatic rings. The molecule has 0 atom stereocenters. The molecule has 2 N–H and O–H groups in total. The normalized spacial score (nSPS) is 11.3. The molecule has 2 rings (SSSR count). The van der Waals surface area contributed by atoms with Crippen molar-refractivity contribution in [2.45, 2.75) is 20.3 Å². The second-order valence-electron chi connectivity index (χ2n) is 5.18. The summed E-state index contributed by atoms with van der Waals surface area (Å²) in [6.07, 6.45) is 2.48. The highest BCUT2D eigenvalue weighted by Gasteiger charge is 1.99. The van der Waals surface area contributed by atoms with Gasteiger partial charge in [-0.15, -0.1) is 0 Å². The molecule has 5 heteroatoms. The Morgan fingerprint density at radius 3 is 2.70 bits per heavy atom. The Kier molecular flexibility index (Phi) is 7.04. The zero-order valence-corrected chi connectivity index (χ0v) is 13.8. The number of rotatable bonds is 8. The molecule has 0 radical (unpaired) electrons. The largest absolute Gasteiger partial charge is 0.492 e. The smallest absolute Gasteiger partial charge is 0.191 e. The highest BCUT2D eigenvalue weighted by molar-refractivity contribution is 5.79. The van der Waals surface area contributed by atoms with Crippen LogP contribution in [0.3, 0.4) is 0 Å². The van der Waals surface area contributed by atoms with Crippen LogP contribution < -0.4 is 15.4 Å². The number of furan rings is 1. The first kappa shape index (κ1) is 16.9. The molecule has 0 spiro atoms. The van der Waals surface area contributed by atoms with Crippen molar-refractivity contribution in [2.75, 3.05) is 26.2 Å². The van der Waals surface area contributed by atoms with Gasteiger partial charge in [-0.05, 0) is 38.1 Å². The maximum Gasteiger partial charge on any atom is 0.191 e. The van der Waals surface area contributed by atoms with E-state index in [0.717, 1.165) is 30.4 Å². The first-order chi connectivity index (χ1) is 11.3. The van der Waals surface area contributed by atoms with Gasteiger partial charge >= 0.3 is 0 Å². The predicted molar refractivity (Wildman–Crippen MR) is 93.1 cm³/mol. The molecule has 0 aliphatic carbocycles. The molecule has 5 nitrogen and oxygen atoms in total. The number of ether oxygens (including phenoxy) is 1. The zero-order valence-electron chi connectivity index (χ0n) is 13.8. The van der Waals surface area contributed by atoms with Gasteiger partial charge in [-0.3, -0.25) is 4.99 Å². The van der Waals surface area contributed by atoms with Crippen LogP contribution in [0.1, 0.15) is 18.2 Å². The summed E-state index contributed by atoms with van der Waals surface area (Å²) in [7, 11) is 0. The van der Waals surface area contributed by atoms with Crippen molar-refractivity contribution in [2.24, 2.45) is 4.99 Å². The van der Waals surface area contributed by atoms with Crippen LogP contribution in [0.4, 0.5) is 0 Å². The van der Waals surface area contributed by atoms with E-state index in [0.29, 0.717) is 19.7 Å². The van der Waals surface area contributed by atoms with Gasteiger partial charge in [-0.25, -0.2) is 0 Å². The maximum atomic E-state index is 5.69. The second kappa shape index (κ2) is 9.56. The van der Waals surface area contributed by atoms with E-state index in [4.69, 9.17) is 9.15 Å². The highest BCUT2D eigenvalue weighted by atomic mass is 16.5. The second-order valence-corrected chi connectivity index (χ2v) is 5.18. The quantitative estimate of drug-likeness (QED) is 0.447. The van der Waals surface area contributed by atoms with Crippen LogP contribution in [0.15, 0.2) is 52.1 Å². The third kappa shape index (κ3) is 6.46. The van der Waals surface area contributed by atoms with Crippen molar-refractivity contribution in [1.29, 1.82) is 0 Å². The third-order valence-electron chi connectivity index (χ3n) is 3.24. The fraction of sp³-hybridized carbons (Fsp3) is 0.389. The Labute approximate surface area is 137 Å². The molecule has 0 aliphatic heterocycles. The number of nitrogens with zero attached hydrogens (tertiary/aromatic N) is 1. The van der Waals surface area contributed by atoms with Crippen LogP contribution in [-0.4, -0.2) is 32.2 Å². The summed E-state index contributed by atoms with van der Waals surface area (Å²) in [6, 6.07) is 11.9. The molecule has 0 bridgehead atoms. The lowest BCUT2D eigenvalue weighted by Crippen LogP contribution is -2.39. The Morgan fingerprint density at radius 2 is 2.00 bits per heavy atom. The van der Waals surface area contributed by atoms with Gasteiger partial charge in [0.2, 0.25) is 0 Å². The molecule has 0 unspecified atom stereocenters. The molecule has 124 valence electrons. The number of aryl methyl sites for hydroxylation is 1. The van der Waals surface area contributed by atoms with E-state index in [1.807, 2.05) is 43.3 Å². The molecule has 0 saturated heterocycles. The van der Waals surface area contributed by atoms with Gasteiger partial charge in [0.15, 0.2) is 5.96 Å². The van der Waals surface area contributed by atoms with Crippen molar-refractivity contribution >= 4 is 5.96 Å². The van der Waals surface area contributed by atoms with E-state index < -0.39 is 0 Å². The van der Waals surface area contributed by atoms with Gasteiger partial charge < -0.3 is 19.8 Å². The molecular weight excluding hydrogens is 290 g/mol. The van der Waals surface area contributed by atoms with E-state index in [1.165, 1.54) is 5.56 Å². The van der Waals surface area contributed by atoms with Crippen molar-refractivity contribution in [3.05, 3.63) is 54.0 Å². The average Bonchev–Trinajstić information content (AvgIpc) is 3.06. The van der Waals surface area contributed by atoms with E-state index in [2.05, 4.69) is 22.5 Å². The summed E-state index contributed by atoms with van der Waals surface area (Å²) < 4.78 is 11.0. The molecule has 1 aromatic carbocycles. The molecule has 1 aromatic heterocycles. The van der Waals surface area contributed by atoms with Gasteiger partial charge in [0.05, 0.1) is 12.8 Å². The summed E-state index contributed by atoms with van der Waals surface area (Å²) in [5.74, 6) is 2.64. The Hall–Kier alpha value is -2.43. The number of nitrogens with one attached hydrogen (secondary N) is 2. The summed E-state index contributed by atoms with van der Waals surface area (Å²) in [5.41, 5.74) is 1.23.